The van der Waals surface area contributed by atoms with Crippen molar-refractivity contribution in [2.24, 2.45) is 5.92 Å². The Kier molecular flexibility index (Phi) is 9.32. The molecular weight excluding hydrogens is 537 g/mol. The van der Waals surface area contributed by atoms with E-state index in [1.165, 1.54) is 17.7 Å². The minimum Gasteiger partial charge on any atom is -0.371 e. The van der Waals surface area contributed by atoms with Gasteiger partial charge in [0.2, 0.25) is 5.91 Å². The third kappa shape index (κ3) is 7.53. The minimum absolute atomic E-state index is 0.256. The average molecular weight is 570 g/mol. The van der Waals surface area contributed by atoms with Gasteiger partial charge in [0.15, 0.2) is 0 Å². The van der Waals surface area contributed by atoms with Gasteiger partial charge in [0.1, 0.15) is 11.2 Å². The summed E-state index contributed by atoms with van der Waals surface area (Å²) < 4.78 is 13.3. The van der Waals surface area contributed by atoms with E-state index < -0.39 is 5.38 Å². The third-order valence-corrected chi connectivity index (χ3v) is 7.97. The van der Waals surface area contributed by atoms with Crippen molar-refractivity contribution in [1.82, 2.24) is 5.32 Å². The molecule has 2 amide bonds. The highest BCUT2D eigenvalue weighted by atomic mass is 35.5. The van der Waals surface area contributed by atoms with E-state index in [-0.39, 0.29) is 24.2 Å². The predicted molar refractivity (Wildman–Crippen MR) is 163 cm³/mol. The van der Waals surface area contributed by atoms with Crippen LogP contribution in [0.15, 0.2) is 103 Å². The second kappa shape index (κ2) is 13.5. The van der Waals surface area contributed by atoms with E-state index in [1.807, 2.05) is 36.4 Å². The number of hydrogen-bond acceptors (Lipinski definition) is 3. The number of rotatable bonds is 9. The van der Waals surface area contributed by atoms with Gasteiger partial charge in [-0.05, 0) is 72.2 Å². The number of benzene rings is 4. The zero-order chi connectivity index (χ0) is 28.6. The molecule has 1 saturated heterocycles. The minimum atomic E-state index is -0.865. The molecule has 0 radical (unpaired) electrons. The molecule has 1 aliphatic rings. The van der Waals surface area contributed by atoms with Crippen molar-refractivity contribution in [2.45, 2.75) is 31.2 Å². The van der Waals surface area contributed by atoms with Gasteiger partial charge in [-0.25, -0.2) is 4.39 Å². The molecule has 0 unspecified atom stereocenters. The Balaban J connectivity index is 1.32. The van der Waals surface area contributed by atoms with Crippen LogP contribution in [0.1, 0.15) is 45.3 Å². The maximum Gasteiger partial charge on any atom is 0.253 e. The highest BCUT2D eigenvalue weighted by Crippen LogP contribution is 2.31. The summed E-state index contributed by atoms with van der Waals surface area (Å²) in [6.45, 7) is 1.92. The van der Waals surface area contributed by atoms with Crippen molar-refractivity contribution in [3.8, 4) is 0 Å². The number of carbonyl (C=O) groups excluding carboxylic acids is 2. The summed E-state index contributed by atoms with van der Waals surface area (Å²) in [6.07, 6.45) is 3.09. The molecule has 210 valence electrons. The first-order valence-electron chi connectivity index (χ1n) is 13.9. The second-order valence-electron chi connectivity index (χ2n) is 10.4. The van der Waals surface area contributed by atoms with E-state index in [4.69, 9.17) is 11.6 Å². The molecule has 4 aromatic rings. The number of amides is 2. The molecule has 41 heavy (non-hydrogen) atoms. The highest BCUT2D eigenvalue weighted by molar-refractivity contribution is 6.32. The van der Waals surface area contributed by atoms with Crippen molar-refractivity contribution < 1.29 is 14.0 Å². The topological polar surface area (TPSA) is 61.4 Å². The van der Waals surface area contributed by atoms with Crippen molar-refractivity contribution >= 4 is 34.8 Å². The van der Waals surface area contributed by atoms with Gasteiger partial charge >= 0.3 is 0 Å². The van der Waals surface area contributed by atoms with Crippen LogP contribution in [-0.4, -0.2) is 24.9 Å². The molecule has 1 fully saturated rings. The van der Waals surface area contributed by atoms with Crippen LogP contribution in [0.2, 0.25) is 0 Å². The predicted octanol–water partition coefficient (Wildman–Crippen LogP) is 7.13. The van der Waals surface area contributed by atoms with Crippen molar-refractivity contribution in [3.05, 3.63) is 131 Å². The Morgan fingerprint density at radius 2 is 1.51 bits per heavy atom. The van der Waals surface area contributed by atoms with Crippen LogP contribution in [0.3, 0.4) is 0 Å². The lowest BCUT2D eigenvalue weighted by Crippen LogP contribution is -2.36. The second-order valence-corrected chi connectivity index (χ2v) is 10.9. The summed E-state index contributed by atoms with van der Waals surface area (Å²) in [5.74, 6) is -0.376. The van der Waals surface area contributed by atoms with E-state index >= 15 is 0 Å². The molecule has 1 aliphatic heterocycles. The maximum atomic E-state index is 13.5. The van der Waals surface area contributed by atoms with Crippen LogP contribution < -0.4 is 15.5 Å². The number of nitrogens with zero attached hydrogens (tertiary/aromatic N) is 1. The summed E-state index contributed by atoms with van der Waals surface area (Å²) in [5.41, 5.74) is 4.62. The lowest BCUT2D eigenvalue weighted by Gasteiger charge is -2.35. The van der Waals surface area contributed by atoms with E-state index in [1.54, 1.807) is 30.3 Å². The van der Waals surface area contributed by atoms with E-state index in [0.717, 1.165) is 43.6 Å². The number of carbonyl (C=O) groups is 2. The fraction of sp³-hybridized carbons (Fsp3) is 0.235. The zero-order valence-electron chi connectivity index (χ0n) is 22.7. The summed E-state index contributed by atoms with van der Waals surface area (Å²) >= 11 is 6.44. The number of hydrogen-bond donors (Lipinski definition) is 2. The van der Waals surface area contributed by atoms with E-state index in [2.05, 4.69) is 39.8 Å². The monoisotopic (exact) mass is 569 g/mol. The van der Waals surface area contributed by atoms with Gasteiger partial charge in [-0.1, -0.05) is 72.8 Å². The van der Waals surface area contributed by atoms with Gasteiger partial charge in [-0.2, -0.15) is 0 Å². The van der Waals surface area contributed by atoms with Gasteiger partial charge in [-0.15, -0.1) is 11.6 Å². The highest BCUT2D eigenvalue weighted by Gasteiger charge is 2.25. The largest absolute Gasteiger partial charge is 0.371 e. The third-order valence-electron chi connectivity index (χ3n) is 7.52. The number of alkyl halides is 1. The zero-order valence-corrected chi connectivity index (χ0v) is 23.5. The van der Waals surface area contributed by atoms with Crippen molar-refractivity contribution in [3.63, 3.8) is 0 Å². The summed E-state index contributed by atoms with van der Waals surface area (Å²) in [4.78, 5) is 28.7. The summed E-state index contributed by atoms with van der Waals surface area (Å²) in [5, 5.41) is 4.96. The van der Waals surface area contributed by atoms with Gasteiger partial charge in [-0.3, -0.25) is 9.59 Å². The van der Waals surface area contributed by atoms with E-state index in [0.29, 0.717) is 22.7 Å². The Hall–Kier alpha value is -4.16. The maximum absolute atomic E-state index is 13.5. The lowest BCUT2D eigenvalue weighted by molar-refractivity contribution is -0.116. The van der Waals surface area contributed by atoms with Gasteiger partial charge in [0.25, 0.3) is 5.91 Å². The number of halogens is 2. The molecule has 1 atom stereocenters. The molecule has 0 saturated carbocycles. The molecule has 5 rings (SSSR count). The molecule has 0 aromatic heterocycles. The average Bonchev–Trinajstić information content (AvgIpc) is 3.01. The van der Waals surface area contributed by atoms with E-state index in [9.17, 15) is 14.0 Å². The van der Waals surface area contributed by atoms with Crippen molar-refractivity contribution in [2.75, 3.05) is 23.3 Å². The Bertz CT molecular complexity index is 1460. The molecule has 2 N–H and O–H groups in total. The first-order chi connectivity index (χ1) is 20.0. The molecular formula is C34H33ClFN3O2. The van der Waals surface area contributed by atoms with Crippen LogP contribution >= 0.6 is 11.6 Å². The molecule has 0 aliphatic carbocycles. The van der Waals surface area contributed by atoms with Gasteiger partial charge in [0, 0.05) is 31.0 Å². The van der Waals surface area contributed by atoms with Crippen LogP contribution in [-0.2, 0) is 17.8 Å². The first kappa shape index (κ1) is 28.4. The molecule has 1 heterocycles. The Morgan fingerprint density at radius 1 is 0.854 bits per heavy atom. The normalized spacial score (nSPS) is 14.3. The quantitative estimate of drug-likeness (QED) is 0.211. The van der Waals surface area contributed by atoms with Gasteiger partial charge < -0.3 is 15.5 Å². The molecule has 0 bridgehead atoms. The van der Waals surface area contributed by atoms with Crippen LogP contribution in [0.5, 0.6) is 0 Å². The standard InChI is InChI=1S/C34H33ClFN3O2/c35-32(27-9-5-2-6-10-27)34(41)38-29-15-16-31(30(22-29)33(40)37-23-26-11-13-28(36)14-12-26)39-19-17-25(18-20-39)21-24-7-3-1-4-8-24/h1-16,22,25,32H,17-21,23H2,(H,37,40)(H,38,41)/t32-/m1/s1. The molecule has 4 aromatic carbocycles. The van der Waals surface area contributed by atoms with Crippen LogP contribution in [0, 0.1) is 11.7 Å². The first-order valence-corrected chi connectivity index (χ1v) is 14.4. The number of nitrogens with one attached hydrogen (secondary N) is 2. The van der Waals surface area contributed by atoms with Crippen LogP contribution in [0.25, 0.3) is 0 Å². The Labute approximate surface area is 245 Å². The summed E-state index contributed by atoms with van der Waals surface area (Å²) in [6, 6.07) is 31.1. The van der Waals surface area contributed by atoms with Crippen molar-refractivity contribution in [1.29, 1.82) is 0 Å². The van der Waals surface area contributed by atoms with Gasteiger partial charge in [0.05, 0.1) is 5.56 Å². The SMILES string of the molecule is O=C(NCc1ccc(F)cc1)c1cc(NC(=O)[C@H](Cl)c2ccccc2)ccc1N1CCC(Cc2ccccc2)CC1. The smallest absolute Gasteiger partial charge is 0.253 e. The molecule has 0 spiro atoms. The fourth-order valence-electron chi connectivity index (χ4n) is 5.26. The number of anilines is 2. The molecule has 7 heteroatoms. The van der Waals surface area contributed by atoms with Crippen LogP contribution in [0.4, 0.5) is 15.8 Å². The molecule has 5 nitrogen and oxygen atoms in total. The number of piperidine rings is 1. The Morgan fingerprint density at radius 3 is 2.20 bits per heavy atom. The fourth-order valence-corrected chi connectivity index (χ4v) is 5.46. The summed E-state index contributed by atoms with van der Waals surface area (Å²) in [7, 11) is 0. The lowest BCUT2D eigenvalue weighted by atomic mass is 9.89.